The molecule has 1 aromatic heterocycles. The van der Waals surface area contributed by atoms with Gasteiger partial charge in [0, 0.05) is 29.7 Å². The third kappa shape index (κ3) is 1.07. The minimum absolute atomic E-state index is 0.398. The first kappa shape index (κ1) is 7.28. The van der Waals surface area contributed by atoms with Crippen LogP contribution in [-0.4, -0.2) is 15.5 Å². The highest BCUT2D eigenvalue weighted by atomic mass is 15.3. The molecule has 0 radical (unpaired) electrons. The number of hydrogen-bond acceptors (Lipinski definition) is 2. The SMILES string of the molecule is CC1CC(=N)C=Cn2nccc21. The lowest BCUT2D eigenvalue weighted by atomic mass is 10.0. The molecule has 1 N–H and O–H groups in total. The highest BCUT2D eigenvalue weighted by Crippen LogP contribution is 2.21. The van der Waals surface area contributed by atoms with Crippen LogP contribution in [0, 0.1) is 5.41 Å². The van der Waals surface area contributed by atoms with E-state index in [1.54, 1.807) is 12.3 Å². The molecule has 12 heavy (non-hydrogen) atoms. The van der Waals surface area contributed by atoms with E-state index in [0.717, 1.165) is 6.42 Å². The maximum absolute atomic E-state index is 7.55. The normalized spacial score (nSPS) is 22.1. The Hall–Kier alpha value is -1.38. The zero-order chi connectivity index (χ0) is 8.55. The van der Waals surface area contributed by atoms with E-state index in [1.807, 2.05) is 16.9 Å². The van der Waals surface area contributed by atoms with E-state index in [9.17, 15) is 0 Å². The first-order chi connectivity index (χ1) is 5.77. The van der Waals surface area contributed by atoms with Crippen LogP contribution in [0.5, 0.6) is 0 Å². The van der Waals surface area contributed by atoms with Gasteiger partial charge in [0.2, 0.25) is 0 Å². The van der Waals surface area contributed by atoms with Gasteiger partial charge in [0.05, 0.1) is 0 Å². The molecule has 0 aliphatic carbocycles. The highest BCUT2D eigenvalue weighted by Gasteiger charge is 2.13. The Labute approximate surface area is 71.2 Å². The summed E-state index contributed by atoms with van der Waals surface area (Å²) >= 11 is 0. The monoisotopic (exact) mass is 161 g/mol. The average molecular weight is 161 g/mol. The van der Waals surface area contributed by atoms with Crippen molar-refractivity contribution in [1.82, 2.24) is 9.78 Å². The third-order valence-corrected chi connectivity index (χ3v) is 2.15. The van der Waals surface area contributed by atoms with Gasteiger partial charge in [0.25, 0.3) is 0 Å². The predicted molar refractivity (Wildman–Crippen MR) is 48.3 cm³/mol. The van der Waals surface area contributed by atoms with Crippen molar-refractivity contribution in [2.24, 2.45) is 0 Å². The van der Waals surface area contributed by atoms with Gasteiger partial charge in [0.15, 0.2) is 0 Å². The van der Waals surface area contributed by atoms with Crippen LogP contribution in [0.2, 0.25) is 0 Å². The van der Waals surface area contributed by atoms with Crippen LogP contribution in [-0.2, 0) is 0 Å². The molecule has 0 aromatic carbocycles. The van der Waals surface area contributed by atoms with Crippen LogP contribution in [0.15, 0.2) is 18.3 Å². The Morgan fingerprint density at radius 1 is 1.67 bits per heavy atom. The molecule has 1 aromatic rings. The Bertz CT molecular complexity index is 335. The molecule has 0 saturated carbocycles. The number of nitrogens with zero attached hydrogens (tertiary/aromatic N) is 2. The summed E-state index contributed by atoms with van der Waals surface area (Å²) in [5.74, 6) is 0.398. The van der Waals surface area contributed by atoms with E-state index in [4.69, 9.17) is 5.41 Å². The molecule has 1 aliphatic heterocycles. The number of fused-ring (bicyclic) bond motifs is 1. The molecule has 2 rings (SSSR count). The van der Waals surface area contributed by atoms with Crippen molar-refractivity contribution < 1.29 is 0 Å². The van der Waals surface area contributed by atoms with Crippen LogP contribution < -0.4 is 0 Å². The second kappa shape index (κ2) is 2.59. The summed E-state index contributed by atoms with van der Waals surface area (Å²) in [6, 6.07) is 2.01. The average Bonchev–Trinajstić information content (AvgIpc) is 2.43. The van der Waals surface area contributed by atoms with Gasteiger partial charge < -0.3 is 5.41 Å². The summed E-state index contributed by atoms with van der Waals surface area (Å²) in [5, 5.41) is 11.7. The zero-order valence-corrected chi connectivity index (χ0v) is 6.99. The fourth-order valence-electron chi connectivity index (χ4n) is 1.50. The maximum atomic E-state index is 7.55. The Kier molecular flexibility index (Phi) is 1.57. The summed E-state index contributed by atoms with van der Waals surface area (Å²) in [5.41, 5.74) is 1.86. The lowest BCUT2D eigenvalue weighted by molar-refractivity contribution is 0.729. The lowest BCUT2D eigenvalue weighted by Gasteiger charge is -2.07. The first-order valence-corrected chi connectivity index (χ1v) is 4.06. The van der Waals surface area contributed by atoms with Crippen LogP contribution >= 0.6 is 0 Å². The Balaban J connectivity index is 2.47. The van der Waals surface area contributed by atoms with Crippen LogP contribution in [0.1, 0.15) is 25.0 Å². The summed E-state index contributed by atoms with van der Waals surface area (Å²) in [7, 11) is 0. The molecule has 62 valence electrons. The predicted octanol–water partition coefficient (Wildman–Crippen LogP) is 1.88. The molecule has 0 amide bonds. The summed E-state index contributed by atoms with van der Waals surface area (Å²) in [6.45, 7) is 2.12. The van der Waals surface area contributed by atoms with Gasteiger partial charge in [-0.15, -0.1) is 0 Å². The van der Waals surface area contributed by atoms with Gasteiger partial charge in [-0.25, -0.2) is 4.68 Å². The number of nitrogens with one attached hydrogen (secondary N) is 1. The van der Waals surface area contributed by atoms with Crippen LogP contribution in [0.3, 0.4) is 0 Å². The topological polar surface area (TPSA) is 41.7 Å². The number of aromatic nitrogens is 2. The van der Waals surface area contributed by atoms with Crippen molar-refractivity contribution in [2.75, 3.05) is 0 Å². The second-order valence-electron chi connectivity index (χ2n) is 3.15. The van der Waals surface area contributed by atoms with E-state index in [1.165, 1.54) is 5.69 Å². The van der Waals surface area contributed by atoms with Gasteiger partial charge in [-0.2, -0.15) is 5.10 Å². The molecule has 0 spiro atoms. The molecule has 2 heterocycles. The number of hydrogen-bond donors (Lipinski definition) is 1. The van der Waals surface area contributed by atoms with E-state index >= 15 is 0 Å². The van der Waals surface area contributed by atoms with Crippen molar-refractivity contribution >= 4 is 11.9 Å². The number of rotatable bonds is 0. The zero-order valence-electron chi connectivity index (χ0n) is 6.99. The first-order valence-electron chi connectivity index (χ1n) is 4.06. The fraction of sp³-hybridized carbons (Fsp3) is 0.333. The minimum Gasteiger partial charge on any atom is -0.305 e. The smallest absolute Gasteiger partial charge is 0.0496 e. The molecule has 3 heteroatoms. The molecule has 1 atom stereocenters. The Morgan fingerprint density at radius 2 is 2.50 bits per heavy atom. The fourth-order valence-corrected chi connectivity index (χ4v) is 1.50. The van der Waals surface area contributed by atoms with E-state index in [0.29, 0.717) is 11.6 Å². The molecular weight excluding hydrogens is 150 g/mol. The quantitative estimate of drug-likeness (QED) is 0.620. The van der Waals surface area contributed by atoms with Crippen LogP contribution in [0.25, 0.3) is 6.20 Å². The largest absolute Gasteiger partial charge is 0.305 e. The molecular formula is C9H11N3. The molecule has 1 aliphatic rings. The summed E-state index contributed by atoms with van der Waals surface area (Å²) in [6.07, 6.45) is 6.26. The highest BCUT2D eigenvalue weighted by molar-refractivity contribution is 5.95. The minimum atomic E-state index is 0.398. The van der Waals surface area contributed by atoms with E-state index < -0.39 is 0 Å². The van der Waals surface area contributed by atoms with E-state index in [-0.39, 0.29) is 0 Å². The van der Waals surface area contributed by atoms with Gasteiger partial charge in [-0.3, -0.25) is 0 Å². The summed E-state index contributed by atoms with van der Waals surface area (Å²) in [4.78, 5) is 0. The van der Waals surface area contributed by atoms with Crippen molar-refractivity contribution in [3.63, 3.8) is 0 Å². The molecule has 0 bridgehead atoms. The van der Waals surface area contributed by atoms with E-state index in [2.05, 4.69) is 12.0 Å². The van der Waals surface area contributed by atoms with Crippen molar-refractivity contribution in [2.45, 2.75) is 19.3 Å². The third-order valence-electron chi connectivity index (χ3n) is 2.15. The van der Waals surface area contributed by atoms with Crippen molar-refractivity contribution in [3.05, 3.63) is 24.0 Å². The van der Waals surface area contributed by atoms with Gasteiger partial charge in [-0.1, -0.05) is 6.92 Å². The van der Waals surface area contributed by atoms with Crippen LogP contribution in [0.4, 0.5) is 0 Å². The van der Waals surface area contributed by atoms with Crippen molar-refractivity contribution in [3.8, 4) is 0 Å². The molecule has 0 fully saturated rings. The standard InChI is InChI=1S/C9H11N3/c1-7-6-8(10)3-5-12-9(7)2-4-11-12/h2-5,7,10H,6H2,1H3. The molecule has 3 nitrogen and oxygen atoms in total. The van der Waals surface area contributed by atoms with Gasteiger partial charge in [-0.05, 0) is 18.6 Å². The molecule has 0 saturated heterocycles. The van der Waals surface area contributed by atoms with Gasteiger partial charge >= 0.3 is 0 Å². The lowest BCUT2D eigenvalue weighted by Crippen LogP contribution is -2.01. The Morgan fingerprint density at radius 3 is 3.33 bits per heavy atom. The van der Waals surface area contributed by atoms with Gasteiger partial charge in [0.1, 0.15) is 0 Å². The van der Waals surface area contributed by atoms with Crippen molar-refractivity contribution in [1.29, 1.82) is 5.41 Å². The second-order valence-corrected chi connectivity index (χ2v) is 3.15. The summed E-state index contributed by atoms with van der Waals surface area (Å²) < 4.78 is 1.84. The maximum Gasteiger partial charge on any atom is 0.0496 e. The number of allylic oxidation sites excluding steroid dienone is 1. The molecule has 1 unspecified atom stereocenters.